The van der Waals surface area contributed by atoms with Crippen LogP contribution in [0.15, 0.2) is 72.9 Å². The second-order valence-electron chi connectivity index (χ2n) is 6.91. The highest BCUT2D eigenvalue weighted by Crippen LogP contribution is 2.24. The molecule has 0 radical (unpaired) electrons. The van der Waals surface area contributed by atoms with Crippen LogP contribution < -0.4 is 14.2 Å². The lowest BCUT2D eigenvalue weighted by atomic mass is 10.2. The van der Waals surface area contributed by atoms with E-state index < -0.39 is 0 Å². The highest BCUT2D eigenvalue weighted by atomic mass is 16.5. The number of nitrogens with zero attached hydrogens (tertiary/aromatic N) is 1. The molecule has 0 amide bonds. The van der Waals surface area contributed by atoms with Crippen molar-refractivity contribution in [3.63, 3.8) is 0 Å². The largest absolute Gasteiger partial charge is 0.490 e. The molecule has 1 unspecified atom stereocenters. The van der Waals surface area contributed by atoms with Gasteiger partial charge < -0.3 is 14.2 Å². The number of benzene rings is 2. The van der Waals surface area contributed by atoms with Gasteiger partial charge >= 0.3 is 0 Å². The van der Waals surface area contributed by atoms with E-state index in [0.29, 0.717) is 12.5 Å². The number of rotatable bonds is 9. The van der Waals surface area contributed by atoms with Gasteiger partial charge in [-0.15, -0.1) is 0 Å². The number of ether oxygens (including phenoxy) is 3. The second-order valence-corrected chi connectivity index (χ2v) is 6.91. The molecule has 1 heterocycles. The van der Waals surface area contributed by atoms with E-state index in [2.05, 4.69) is 23.7 Å². The van der Waals surface area contributed by atoms with Gasteiger partial charge in [0.15, 0.2) is 0 Å². The summed E-state index contributed by atoms with van der Waals surface area (Å²) in [4.78, 5) is 4.15. The summed E-state index contributed by atoms with van der Waals surface area (Å²) in [5, 5.41) is 0. The van der Waals surface area contributed by atoms with Gasteiger partial charge in [-0.3, -0.25) is 0 Å². The summed E-state index contributed by atoms with van der Waals surface area (Å²) in [6.07, 6.45) is 4.85. The highest BCUT2D eigenvalue weighted by Gasteiger charge is 2.06. The van der Waals surface area contributed by atoms with E-state index >= 15 is 0 Å². The topological polar surface area (TPSA) is 40.6 Å². The Kier molecular flexibility index (Phi) is 8.17. The molecule has 0 bridgehead atoms. The maximum absolute atomic E-state index is 5.90. The Bertz CT molecular complexity index is 942. The van der Waals surface area contributed by atoms with Crippen LogP contribution in [0.2, 0.25) is 0 Å². The third kappa shape index (κ3) is 7.18. The molecule has 3 rings (SSSR count). The van der Waals surface area contributed by atoms with Crippen LogP contribution in [-0.4, -0.2) is 17.7 Å². The first-order valence-corrected chi connectivity index (χ1v) is 10.3. The standard InChI is InChI=1S/C26H27NO3/c1-3-4-5-6-9-22-11-13-24(14-12-22)30-25-17-15-23(16-18-25)28-20-21(2)29-26-10-7-8-19-27-26/h7-8,10-19,21H,3-5,20H2,1-2H3. The predicted octanol–water partition coefficient (Wildman–Crippen LogP) is 6.26. The normalized spacial score (nSPS) is 11.1. The molecule has 1 atom stereocenters. The summed E-state index contributed by atoms with van der Waals surface area (Å²) in [7, 11) is 0. The Balaban J connectivity index is 1.46. The first-order chi connectivity index (χ1) is 14.7. The first kappa shape index (κ1) is 21.3. The van der Waals surface area contributed by atoms with E-state index in [9.17, 15) is 0 Å². The van der Waals surface area contributed by atoms with E-state index in [1.807, 2.05) is 73.7 Å². The molecule has 0 aliphatic rings. The van der Waals surface area contributed by atoms with Gasteiger partial charge in [-0.1, -0.05) is 31.3 Å². The molecule has 2 aromatic carbocycles. The van der Waals surface area contributed by atoms with Crippen LogP contribution in [0.3, 0.4) is 0 Å². The van der Waals surface area contributed by atoms with Crippen molar-refractivity contribution in [3.8, 4) is 35.0 Å². The van der Waals surface area contributed by atoms with Gasteiger partial charge in [-0.25, -0.2) is 4.98 Å². The van der Waals surface area contributed by atoms with Crippen LogP contribution in [0.25, 0.3) is 0 Å². The second kappa shape index (κ2) is 11.5. The SMILES string of the molecule is CCCCC#Cc1ccc(Oc2ccc(OCC(C)Oc3ccccn3)cc2)cc1. The monoisotopic (exact) mass is 401 g/mol. The van der Waals surface area contributed by atoms with Crippen LogP contribution in [0.5, 0.6) is 23.1 Å². The highest BCUT2D eigenvalue weighted by molar-refractivity contribution is 5.40. The average molecular weight is 402 g/mol. The quantitative estimate of drug-likeness (QED) is 0.313. The predicted molar refractivity (Wildman–Crippen MR) is 119 cm³/mol. The van der Waals surface area contributed by atoms with E-state index in [-0.39, 0.29) is 6.10 Å². The van der Waals surface area contributed by atoms with E-state index in [4.69, 9.17) is 14.2 Å². The van der Waals surface area contributed by atoms with E-state index in [1.165, 1.54) is 6.42 Å². The summed E-state index contributed by atoms with van der Waals surface area (Å²) in [6.45, 7) is 4.55. The van der Waals surface area contributed by atoms with Crippen molar-refractivity contribution < 1.29 is 14.2 Å². The molecule has 0 spiro atoms. The smallest absolute Gasteiger partial charge is 0.213 e. The van der Waals surface area contributed by atoms with E-state index in [0.717, 1.165) is 35.7 Å². The van der Waals surface area contributed by atoms with E-state index in [1.54, 1.807) is 6.20 Å². The molecular formula is C26H27NO3. The molecule has 0 saturated carbocycles. The van der Waals surface area contributed by atoms with Gasteiger partial charge in [0, 0.05) is 24.2 Å². The maximum atomic E-state index is 5.90. The van der Waals surface area contributed by atoms with Gasteiger partial charge in [-0.05, 0) is 67.9 Å². The molecule has 3 aromatic rings. The molecular weight excluding hydrogens is 374 g/mol. The lowest BCUT2D eigenvalue weighted by molar-refractivity contribution is 0.138. The lowest BCUT2D eigenvalue weighted by Gasteiger charge is -2.15. The lowest BCUT2D eigenvalue weighted by Crippen LogP contribution is -2.21. The molecule has 154 valence electrons. The Labute approximate surface area is 178 Å². The number of hydrogen-bond acceptors (Lipinski definition) is 4. The minimum atomic E-state index is -0.112. The zero-order valence-corrected chi connectivity index (χ0v) is 17.5. The van der Waals surface area contributed by atoms with Gasteiger partial charge in [0.2, 0.25) is 5.88 Å². The minimum Gasteiger partial charge on any atom is -0.490 e. The van der Waals surface area contributed by atoms with Gasteiger partial charge in [0.05, 0.1) is 0 Å². The summed E-state index contributed by atoms with van der Waals surface area (Å²) in [6, 6.07) is 21.0. The summed E-state index contributed by atoms with van der Waals surface area (Å²) >= 11 is 0. The van der Waals surface area contributed by atoms with Crippen molar-refractivity contribution in [3.05, 3.63) is 78.5 Å². The molecule has 0 aliphatic carbocycles. The summed E-state index contributed by atoms with van der Waals surface area (Å²) < 4.78 is 17.4. The molecule has 0 fully saturated rings. The molecule has 0 saturated heterocycles. The number of hydrogen-bond donors (Lipinski definition) is 0. The molecule has 0 aliphatic heterocycles. The van der Waals surface area contributed by atoms with Gasteiger partial charge in [0.1, 0.15) is 30.0 Å². The van der Waals surface area contributed by atoms with Crippen molar-refractivity contribution in [2.45, 2.75) is 39.2 Å². The Morgan fingerprint density at radius 3 is 2.27 bits per heavy atom. The fourth-order valence-electron chi connectivity index (χ4n) is 2.65. The van der Waals surface area contributed by atoms with Crippen LogP contribution in [0.4, 0.5) is 0 Å². The van der Waals surface area contributed by atoms with Crippen molar-refractivity contribution in [2.24, 2.45) is 0 Å². The van der Waals surface area contributed by atoms with Crippen molar-refractivity contribution in [1.29, 1.82) is 0 Å². The molecule has 1 aromatic heterocycles. The van der Waals surface area contributed by atoms with Crippen LogP contribution >= 0.6 is 0 Å². The van der Waals surface area contributed by atoms with Gasteiger partial charge in [-0.2, -0.15) is 0 Å². The van der Waals surface area contributed by atoms with Crippen molar-refractivity contribution in [2.75, 3.05) is 6.61 Å². The summed E-state index contributed by atoms with van der Waals surface area (Å²) in [5.41, 5.74) is 1.00. The molecule has 0 N–H and O–H groups in total. The zero-order chi connectivity index (χ0) is 21.0. The van der Waals surface area contributed by atoms with Crippen molar-refractivity contribution in [1.82, 2.24) is 4.98 Å². The Morgan fingerprint density at radius 2 is 1.60 bits per heavy atom. The fourth-order valence-corrected chi connectivity index (χ4v) is 2.65. The summed E-state index contributed by atoms with van der Waals surface area (Å²) in [5.74, 6) is 9.26. The van der Waals surface area contributed by atoms with Crippen LogP contribution in [0, 0.1) is 11.8 Å². The first-order valence-electron chi connectivity index (χ1n) is 10.3. The van der Waals surface area contributed by atoms with Crippen LogP contribution in [-0.2, 0) is 0 Å². The number of unbranched alkanes of at least 4 members (excludes halogenated alkanes) is 2. The Hall–Kier alpha value is -3.45. The maximum Gasteiger partial charge on any atom is 0.213 e. The zero-order valence-electron chi connectivity index (χ0n) is 17.5. The number of pyridine rings is 1. The molecule has 4 nitrogen and oxygen atoms in total. The Morgan fingerprint density at radius 1 is 0.900 bits per heavy atom. The fraction of sp³-hybridized carbons (Fsp3) is 0.269. The molecule has 4 heteroatoms. The van der Waals surface area contributed by atoms with Crippen molar-refractivity contribution >= 4 is 0 Å². The third-order valence-electron chi connectivity index (χ3n) is 4.25. The molecule has 30 heavy (non-hydrogen) atoms. The average Bonchev–Trinajstić information content (AvgIpc) is 2.78. The van der Waals surface area contributed by atoms with Gasteiger partial charge in [0.25, 0.3) is 0 Å². The number of aromatic nitrogens is 1. The minimum absolute atomic E-state index is 0.112. The van der Waals surface area contributed by atoms with Crippen LogP contribution in [0.1, 0.15) is 38.7 Å². The third-order valence-corrected chi connectivity index (χ3v) is 4.25.